The summed E-state index contributed by atoms with van der Waals surface area (Å²) in [5.74, 6) is -0.804. The molecule has 2 rings (SSSR count). The summed E-state index contributed by atoms with van der Waals surface area (Å²) in [6, 6.07) is 7.77. The Kier molecular flexibility index (Phi) is 4.16. The molecule has 1 N–H and O–H groups in total. The van der Waals surface area contributed by atoms with Gasteiger partial charge in [-0.15, -0.1) is 16.9 Å². The van der Waals surface area contributed by atoms with Gasteiger partial charge in [0, 0.05) is 10.5 Å². The number of thioether (sulfide) groups is 1. The van der Waals surface area contributed by atoms with Gasteiger partial charge in [-0.1, -0.05) is 19.1 Å². The fraction of sp³-hybridized carbons (Fsp3) is 0.333. The van der Waals surface area contributed by atoms with Gasteiger partial charge < -0.3 is 5.11 Å². The molecule has 1 aromatic heterocycles. The lowest BCUT2D eigenvalue weighted by molar-refractivity contribution is -0.141. The van der Waals surface area contributed by atoms with Crippen molar-refractivity contribution in [1.29, 1.82) is 0 Å². The Bertz CT molecular complexity index is 585. The molecule has 7 heteroatoms. The Morgan fingerprint density at radius 2 is 2.21 bits per heavy atom. The van der Waals surface area contributed by atoms with E-state index in [-0.39, 0.29) is 6.54 Å². The molecular weight excluding hydrogens is 264 g/mol. The van der Waals surface area contributed by atoms with Crippen molar-refractivity contribution in [3.05, 3.63) is 24.3 Å². The van der Waals surface area contributed by atoms with E-state index in [2.05, 4.69) is 15.5 Å². The monoisotopic (exact) mass is 278 g/mol. The van der Waals surface area contributed by atoms with E-state index in [1.54, 1.807) is 18.7 Å². The van der Waals surface area contributed by atoms with Crippen LogP contribution in [0.2, 0.25) is 0 Å². The molecule has 0 aliphatic heterocycles. The molecule has 0 saturated heterocycles. The lowest BCUT2D eigenvalue weighted by Gasteiger charge is -2.09. The van der Waals surface area contributed by atoms with Crippen LogP contribution in [0.3, 0.4) is 0 Å². The van der Waals surface area contributed by atoms with Gasteiger partial charge in [0.05, 0.1) is 12.5 Å². The molecule has 0 aliphatic carbocycles. The zero-order valence-electron chi connectivity index (χ0n) is 10.6. The van der Waals surface area contributed by atoms with E-state index < -0.39 is 11.9 Å². The Hall–Kier alpha value is -1.89. The topological polar surface area (TPSA) is 80.9 Å². The molecular formula is C12H14N4O2S. The fourth-order valence-electron chi connectivity index (χ4n) is 1.69. The third-order valence-corrected chi connectivity index (χ3v) is 3.54. The van der Waals surface area contributed by atoms with Crippen LogP contribution in [0.4, 0.5) is 0 Å². The van der Waals surface area contributed by atoms with Crippen molar-refractivity contribution < 1.29 is 9.90 Å². The average molecular weight is 278 g/mol. The maximum absolute atomic E-state index is 10.9. The summed E-state index contributed by atoms with van der Waals surface area (Å²) in [5.41, 5.74) is 0.914. The van der Waals surface area contributed by atoms with Crippen molar-refractivity contribution >= 4 is 17.7 Å². The predicted octanol–water partition coefficient (Wildman–Crippen LogP) is 1.78. The van der Waals surface area contributed by atoms with Crippen LogP contribution in [-0.4, -0.2) is 37.5 Å². The van der Waals surface area contributed by atoms with Gasteiger partial charge in [0.2, 0.25) is 0 Å². The van der Waals surface area contributed by atoms with Crippen molar-refractivity contribution in [2.75, 3.05) is 6.26 Å². The minimum atomic E-state index is -0.861. The molecule has 2 aromatic rings. The van der Waals surface area contributed by atoms with Gasteiger partial charge in [0.25, 0.3) is 0 Å². The molecule has 19 heavy (non-hydrogen) atoms. The van der Waals surface area contributed by atoms with E-state index >= 15 is 0 Å². The summed E-state index contributed by atoms with van der Waals surface area (Å²) in [6.45, 7) is 1.88. The van der Waals surface area contributed by atoms with E-state index in [1.165, 1.54) is 4.68 Å². The van der Waals surface area contributed by atoms with Crippen LogP contribution in [0.5, 0.6) is 0 Å². The van der Waals surface area contributed by atoms with Crippen LogP contribution in [0.15, 0.2) is 29.2 Å². The second-order valence-electron chi connectivity index (χ2n) is 4.12. The minimum Gasteiger partial charge on any atom is -0.481 e. The zero-order chi connectivity index (χ0) is 13.8. The van der Waals surface area contributed by atoms with Crippen molar-refractivity contribution in [3.63, 3.8) is 0 Å². The molecule has 0 fully saturated rings. The summed E-state index contributed by atoms with van der Waals surface area (Å²) < 4.78 is 1.54. The maximum atomic E-state index is 10.9. The molecule has 1 atom stereocenters. The number of nitrogens with zero attached hydrogens (tertiary/aromatic N) is 4. The van der Waals surface area contributed by atoms with Gasteiger partial charge in [-0.25, -0.2) is 4.68 Å². The van der Waals surface area contributed by atoms with Gasteiger partial charge in [-0.3, -0.25) is 4.79 Å². The normalized spacial score (nSPS) is 12.3. The third kappa shape index (κ3) is 2.93. The van der Waals surface area contributed by atoms with E-state index in [1.807, 2.05) is 30.5 Å². The van der Waals surface area contributed by atoms with Crippen molar-refractivity contribution in [3.8, 4) is 11.4 Å². The Labute approximate surface area is 114 Å². The van der Waals surface area contributed by atoms with Gasteiger partial charge >= 0.3 is 5.97 Å². The van der Waals surface area contributed by atoms with Crippen molar-refractivity contribution in [2.24, 2.45) is 5.92 Å². The highest BCUT2D eigenvalue weighted by Crippen LogP contribution is 2.28. The third-order valence-electron chi connectivity index (χ3n) is 2.75. The van der Waals surface area contributed by atoms with Gasteiger partial charge in [0.1, 0.15) is 0 Å². The summed E-state index contributed by atoms with van der Waals surface area (Å²) in [4.78, 5) is 12.0. The Morgan fingerprint density at radius 3 is 2.89 bits per heavy atom. The molecule has 0 amide bonds. The smallest absolute Gasteiger partial charge is 0.308 e. The summed E-state index contributed by atoms with van der Waals surface area (Å²) in [6.07, 6.45) is 1.98. The van der Waals surface area contributed by atoms with E-state index in [9.17, 15) is 4.79 Å². The van der Waals surface area contributed by atoms with Crippen LogP contribution >= 0.6 is 11.8 Å². The number of aliphatic carboxylic acids is 1. The molecule has 0 radical (unpaired) electrons. The second-order valence-corrected chi connectivity index (χ2v) is 4.97. The number of hydrogen-bond donors (Lipinski definition) is 1. The number of tetrazole rings is 1. The number of hydrogen-bond acceptors (Lipinski definition) is 5. The molecule has 1 unspecified atom stereocenters. The van der Waals surface area contributed by atoms with Crippen molar-refractivity contribution in [1.82, 2.24) is 20.2 Å². The lowest BCUT2D eigenvalue weighted by atomic mass is 10.1. The highest BCUT2D eigenvalue weighted by atomic mass is 32.2. The van der Waals surface area contributed by atoms with Gasteiger partial charge in [-0.2, -0.15) is 0 Å². The lowest BCUT2D eigenvalue weighted by Crippen LogP contribution is -2.18. The molecule has 6 nitrogen and oxygen atoms in total. The van der Waals surface area contributed by atoms with Gasteiger partial charge in [0.15, 0.2) is 5.82 Å². The summed E-state index contributed by atoms with van der Waals surface area (Å²) >= 11 is 1.60. The van der Waals surface area contributed by atoms with E-state index in [0.29, 0.717) is 5.82 Å². The van der Waals surface area contributed by atoms with E-state index in [0.717, 1.165) is 10.5 Å². The second kappa shape index (κ2) is 5.83. The number of carboxylic acids is 1. The van der Waals surface area contributed by atoms with E-state index in [4.69, 9.17) is 5.11 Å². The molecule has 100 valence electrons. The van der Waals surface area contributed by atoms with Crippen LogP contribution in [0.25, 0.3) is 11.4 Å². The number of carbonyl (C=O) groups is 1. The number of rotatable bonds is 5. The van der Waals surface area contributed by atoms with Crippen LogP contribution in [0, 0.1) is 5.92 Å². The van der Waals surface area contributed by atoms with Crippen LogP contribution < -0.4 is 0 Å². The first kappa shape index (κ1) is 13.5. The Morgan fingerprint density at radius 1 is 1.47 bits per heavy atom. The van der Waals surface area contributed by atoms with Crippen LogP contribution in [0.1, 0.15) is 6.92 Å². The van der Waals surface area contributed by atoms with Crippen molar-refractivity contribution in [2.45, 2.75) is 18.4 Å². The first-order valence-corrected chi connectivity index (χ1v) is 6.98. The van der Waals surface area contributed by atoms with Crippen LogP contribution in [-0.2, 0) is 11.3 Å². The molecule has 0 bridgehead atoms. The zero-order valence-corrected chi connectivity index (χ0v) is 11.5. The first-order chi connectivity index (χ1) is 9.13. The molecule has 1 aromatic carbocycles. The summed E-state index contributed by atoms with van der Waals surface area (Å²) in [7, 11) is 0. The Balaban J connectivity index is 2.36. The molecule has 0 spiro atoms. The molecule has 1 heterocycles. The average Bonchev–Trinajstić information content (AvgIpc) is 2.86. The standard InChI is InChI=1S/C12H14N4O2S/c1-8(12(17)18)7-16-11(13-14-15-16)9-5-3-4-6-10(9)19-2/h3-6,8H,7H2,1-2H3,(H,17,18). The first-order valence-electron chi connectivity index (χ1n) is 5.76. The highest BCUT2D eigenvalue weighted by Gasteiger charge is 2.17. The summed E-state index contributed by atoms with van der Waals surface area (Å²) in [5, 5.41) is 20.5. The maximum Gasteiger partial charge on any atom is 0.308 e. The quantitative estimate of drug-likeness (QED) is 0.840. The fourth-order valence-corrected chi connectivity index (χ4v) is 2.28. The molecule has 0 saturated carbocycles. The number of benzene rings is 1. The number of carboxylic acid groups (broad SMARTS) is 1. The minimum absolute atomic E-state index is 0.250. The number of aromatic nitrogens is 4. The predicted molar refractivity (Wildman–Crippen MR) is 71.8 cm³/mol. The SMILES string of the molecule is CSc1ccccc1-c1nnnn1CC(C)C(=O)O. The van der Waals surface area contributed by atoms with Gasteiger partial charge in [-0.05, 0) is 28.8 Å². The molecule has 0 aliphatic rings. The largest absolute Gasteiger partial charge is 0.481 e. The highest BCUT2D eigenvalue weighted by molar-refractivity contribution is 7.98.